The topological polar surface area (TPSA) is 71.1 Å². The van der Waals surface area contributed by atoms with Crippen LogP contribution in [0.25, 0.3) is 0 Å². The minimum atomic E-state index is -4.48. The molecule has 0 atom stereocenters. The van der Waals surface area contributed by atoms with E-state index in [2.05, 4.69) is 10.3 Å². The molecule has 1 aromatic carbocycles. The lowest BCUT2D eigenvalue weighted by Crippen LogP contribution is -2.33. The lowest BCUT2D eigenvalue weighted by molar-refractivity contribution is -0.123. The Morgan fingerprint density at radius 3 is 2.60 bits per heavy atom. The average molecular weight is 351 g/mol. The van der Waals surface area contributed by atoms with Crippen LogP contribution in [0.5, 0.6) is 0 Å². The molecule has 2 aromatic rings. The Balaban J connectivity index is 1.90. The molecule has 5 nitrogen and oxygen atoms in total. The van der Waals surface area contributed by atoms with E-state index in [0.29, 0.717) is 12.1 Å². The molecule has 0 saturated heterocycles. The largest absolute Gasteiger partial charge is 0.405 e. The van der Waals surface area contributed by atoms with Gasteiger partial charge in [0.05, 0.1) is 0 Å². The fourth-order valence-electron chi connectivity index (χ4n) is 2.05. The van der Waals surface area contributed by atoms with Crippen molar-refractivity contribution in [2.75, 3.05) is 11.9 Å². The van der Waals surface area contributed by atoms with E-state index in [1.54, 1.807) is 29.8 Å². The predicted octanol–water partition coefficient (Wildman–Crippen LogP) is 2.95. The molecule has 0 aliphatic carbocycles. The van der Waals surface area contributed by atoms with Crippen LogP contribution in [0, 0.1) is 0 Å². The Morgan fingerprint density at radius 2 is 1.92 bits per heavy atom. The second-order valence-electron chi connectivity index (χ2n) is 5.29. The summed E-state index contributed by atoms with van der Waals surface area (Å²) < 4.78 is 36.4. The number of nitrogens with one attached hydrogen (secondary N) is 2. The van der Waals surface area contributed by atoms with Crippen LogP contribution >= 0.6 is 0 Å². The van der Waals surface area contributed by atoms with Gasteiger partial charge in [-0.3, -0.25) is 14.6 Å². The number of halogens is 3. The molecule has 0 radical (unpaired) electrons. The lowest BCUT2D eigenvalue weighted by Gasteiger charge is -2.10. The van der Waals surface area contributed by atoms with Gasteiger partial charge >= 0.3 is 6.18 Å². The van der Waals surface area contributed by atoms with E-state index in [4.69, 9.17) is 0 Å². The van der Waals surface area contributed by atoms with Crippen LogP contribution in [0.1, 0.15) is 22.3 Å². The van der Waals surface area contributed by atoms with Crippen LogP contribution in [0.15, 0.2) is 48.8 Å². The van der Waals surface area contributed by atoms with Crippen molar-refractivity contribution in [2.24, 2.45) is 0 Å². The number of rotatable bonds is 6. The third-order valence-electron chi connectivity index (χ3n) is 3.22. The monoisotopic (exact) mass is 351 g/mol. The predicted molar refractivity (Wildman–Crippen MR) is 86.0 cm³/mol. The average Bonchev–Trinajstić information content (AvgIpc) is 2.58. The van der Waals surface area contributed by atoms with Gasteiger partial charge in [0, 0.05) is 30.1 Å². The molecular weight excluding hydrogens is 335 g/mol. The van der Waals surface area contributed by atoms with Gasteiger partial charge in [0.25, 0.3) is 5.91 Å². The number of nitrogens with zero attached hydrogens (tertiary/aromatic N) is 1. The van der Waals surface area contributed by atoms with Gasteiger partial charge in [-0.05, 0) is 36.2 Å². The van der Waals surface area contributed by atoms with Crippen LogP contribution in [0.4, 0.5) is 18.9 Å². The van der Waals surface area contributed by atoms with Crippen LogP contribution in [0.3, 0.4) is 0 Å². The minimum Gasteiger partial charge on any atom is -0.343 e. The standard InChI is InChI=1S/C17H16F3N3O2/c18-17(19,20)11-22-16(25)13-4-1-5-14(9-13)23-15(24)7-6-12-3-2-8-21-10-12/h1-5,8-10H,6-7,11H2,(H,22,25)(H,23,24). The van der Waals surface area contributed by atoms with E-state index in [1.165, 1.54) is 18.2 Å². The number of anilines is 1. The number of amides is 2. The molecule has 0 saturated carbocycles. The summed E-state index contributed by atoms with van der Waals surface area (Å²) in [5, 5.41) is 4.40. The molecule has 0 aliphatic heterocycles. The van der Waals surface area contributed by atoms with Gasteiger partial charge in [-0.2, -0.15) is 13.2 Å². The molecule has 132 valence electrons. The number of benzene rings is 1. The minimum absolute atomic E-state index is 0.0364. The number of aryl methyl sites for hydroxylation is 1. The molecule has 1 heterocycles. The van der Waals surface area contributed by atoms with Crippen molar-refractivity contribution in [1.29, 1.82) is 0 Å². The maximum Gasteiger partial charge on any atom is 0.405 e. The van der Waals surface area contributed by atoms with Gasteiger partial charge in [-0.1, -0.05) is 12.1 Å². The summed E-state index contributed by atoms with van der Waals surface area (Å²) in [6.07, 6.45) is -0.451. The van der Waals surface area contributed by atoms with Crippen molar-refractivity contribution in [1.82, 2.24) is 10.3 Å². The van der Waals surface area contributed by atoms with Crippen molar-refractivity contribution in [2.45, 2.75) is 19.0 Å². The normalized spacial score (nSPS) is 11.0. The molecule has 0 unspecified atom stereocenters. The number of alkyl halides is 3. The molecule has 8 heteroatoms. The van der Waals surface area contributed by atoms with Crippen molar-refractivity contribution in [3.05, 3.63) is 59.9 Å². The Hall–Kier alpha value is -2.90. The Labute approximate surface area is 142 Å². The van der Waals surface area contributed by atoms with Crippen molar-refractivity contribution in [3.63, 3.8) is 0 Å². The number of carbonyl (C=O) groups is 2. The first kappa shape index (κ1) is 18.4. The van der Waals surface area contributed by atoms with E-state index in [1.807, 2.05) is 6.07 Å². The zero-order valence-corrected chi connectivity index (χ0v) is 13.1. The van der Waals surface area contributed by atoms with Crippen molar-refractivity contribution in [3.8, 4) is 0 Å². The summed E-state index contributed by atoms with van der Waals surface area (Å²) in [5.74, 6) is -1.12. The summed E-state index contributed by atoms with van der Waals surface area (Å²) >= 11 is 0. The third-order valence-corrected chi connectivity index (χ3v) is 3.22. The number of hydrogen-bond acceptors (Lipinski definition) is 3. The molecule has 0 bridgehead atoms. The highest BCUT2D eigenvalue weighted by atomic mass is 19.4. The van der Waals surface area contributed by atoms with E-state index >= 15 is 0 Å². The fraction of sp³-hybridized carbons (Fsp3) is 0.235. The van der Waals surface area contributed by atoms with Gasteiger partial charge in [-0.15, -0.1) is 0 Å². The molecule has 0 spiro atoms. The zero-order chi connectivity index (χ0) is 18.3. The van der Waals surface area contributed by atoms with Crippen LogP contribution < -0.4 is 10.6 Å². The number of pyridine rings is 1. The summed E-state index contributed by atoms with van der Waals surface area (Å²) in [6, 6.07) is 9.37. The van der Waals surface area contributed by atoms with Gasteiger partial charge in [0.1, 0.15) is 6.54 Å². The lowest BCUT2D eigenvalue weighted by atomic mass is 10.1. The van der Waals surface area contributed by atoms with Crippen LogP contribution in [-0.4, -0.2) is 29.5 Å². The maximum atomic E-state index is 12.1. The summed E-state index contributed by atoms with van der Waals surface area (Å²) in [7, 11) is 0. The molecule has 2 rings (SSSR count). The fourth-order valence-corrected chi connectivity index (χ4v) is 2.05. The smallest absolute Gasteiger partial charge is 0.343 e. The second kappa shape index (κ2) is 8.27. The third kappa shape index (κ3) is 6.62. The van der Waals surface area contributed by atoms with Gasteiger partial charge < -0.3 is 10.6 Å². The Morgan fingerprint density at radius 1 is 1.12 bits per heavy atom. The SMILES string of the molecule is O=C(CCc1cccnc1)Nc1cccc(C(=O)NCC(F)(F)F)c1. The van der Waals surface area contributed by atoms with Crippen molar-refractivity contribution >= 4 is 17.5 Å². The first-order valence-corrected chi connectivity index (χ1v) is 7.47. The maximum absolute atomic E-state index is 12.1. The van der Waals surface area contributed by atoms with Crippen LogP contribution in [-0.2, 0) is 11.2 Å². The molecule has 0 aliphatic rings. The molecule has 25 heavy (non-hydrogen) atoms. The van der Waals surface area contributed by atoms with Crippen LogP contribution in [0.2, 0.25) is 0 Å². The highest BCUT2D eigenvalue weighted by Crippen LogP contribution is 2.14. The molecule has 1 aromatic heterocycles. The van der Waals surface area contributed by atoms with Gasteiger partial charge in [0.2, 0.25) is 5.91 Å². The Kier molecular flexibility index (Phi) is 6.10. The van der Waals surface area contributed by atoms with E-state index in [9.17, 15) is 22.8 Å². The van der Waals surface area contributed by atoms with E-state index in [-0.39, 0.29) is 17.9 Å². The zero-order valence-electron chi connectivity index (χ0n) is 13.1. The number of aromatic nitrogens is 1. The van der Waals surface area contributed by atoms with Gasteiger partial charge in [-0.25, -0.2) is 0 Å². The molecule has 2 N–H and O–H groups in total. The highest BCUT2D eigenvalue weighted by Gasteiger charge is 2.27. The first-order chi connectivity index (χ1) is 11.8. The molecule has 2 amide bonds. The molecular formula is C17H16F3N3O2. The number of hydrogen-bond donors (Lipinski definition) is 2. The number of carbonyl (C=O) groups excluding carboxylic acids is 2. The highest BCUT2D eigenvalue weighted by molar-refractivity contribution is 5.97. The summed E-state index contributed by atoms with van der Waals surface area (Å²) in [6.45, 7) is -1.41. The second-order valence-corrected chi connectivity index (χ2v) is 5.29. The van der Waals surface area contributed by atoms with Crippen molar-refractivity contribution < 1.29 is 22.8 Å². The van der Waals surface area contributed by atoms with E-state index < -0.39 is 18.6 Å². The molecule has 0 fully saturated rings. The van der Waals surface area contributed by atoms with E-state index in [0.717, 1.165) is 5.56 Å². The first-order valence-electron chi connectivity index (χ1n) is 7.47. The van der Waals surface area contributed by atoms with Gasteiger partial charge in [0.15, 0.2) is 0 Å². The quantitative estimate of drug-likeness (QED) is 0.841. The Bertz CT molecular complexity index is 733. The summed E-state index contributed by atoms with van der Waals surface area (Å²) in [4.78, 5) is 27.6. The summed E-state index contributed by atoms with van der Waals surface area (Å²) in [5.41, 5.74) is 1.29.